The standard InChI is InChI=1S/C16H18N2O4S/c1-21-15(19)12-5-3-11(4-6-12)8-17-14(16(20)22-2)7-13-9-23-10-18-13/h3-6,9-10,14,17H,7-8H2,1-2H3/t14-/m0/s1. The molecule has 0 unspecified atom stereocenters. The summed E-state index contributed by atoms with van der Waals surface area (Å²) in [6.07, 6.45) is 0.469. The predicted molar refractivity (Wildman–Crippen MR) is 86.2 cm³/mol. The molecule has 0 spiro atoms. The molecule has 1 aromatic heterocycles. The highest BCUT2D eigenvalue weighted by Crippen LogP contribution is 2.09. The molecule has 0 saturated heterocycles. The minimum Gasteiger partial charge on any atom is -0.468 e. The Kier molecular flexibility index (Phi) is 6.25. The highest BCUT2D eigenvalue weighted by molar-refractivity contribution is 7.07. The molecule has 2 rings (SSSR count). The lowest BCUT2D eigenvalue weighted by Crippen LogP contribution is -2.39. The van der Waals surface area contributed by atoms with Crippen molar-refractivity contribution in [2.45, 2.75) is 19.0 Å². The number of thiazole rings is 1. The van der Waals surface area contributed by atoms with Gasteiger partial charge in [0.05, 0.1) is 31.0 Å². The predicted octanol–water partition coefficient (Wildman–Crippen LogP) is 1.80. The normalized spacial score (nSPS) is 11.7. The van der Waals surface area contributed by atoms with Crippen LogP contribution in [-0.4, -0.2) is 37.2 Å². The Bertz CT molecular complexity index is 641. The number of benzene rings is 1. The summed E-state index contributed by atoms with van der Waals surface area (Å²) in [6, 6.07) is 6.54. The number of ether oxygens (including phenoxy) is 2. The molecule has 0 bridgehead atoms. The van der Waals surface area contributed by atoms with Gasteiger partial charge in [-0.05, 0) is 17.7 Å². The third-order valence-electron chi connectivity index (χ3n) is 3.31. The number of carbonyl (C=O) groups is 2. The summed E-state index contributed by atoms with van der Waals surface area (Å²) in [5, 5.41) is 5.07. The third kappa shape index (κ3) is 4.87. The van der Waals surface area contributed by atoms with Crippen LogP contribution < -0.4 is 5.32 Å². The smallest absolute Gasteiger partial charge is 0.337 e. The second-order valence-corrected chi connectivity index (χ2v) is 5.55. The summed E-state index contributed by atoms with van der Waals surface area (Å²) in [7, 11) is 2.71. The first-order valence-electron chi connectivity index (χ1n) is 6.99. The number of methoxy groups -OCH3 is 2. The minimum atomic E-state index is -0.470. The van der Waals surface area contributed by atoms with Crippen molar-refractivity contribution in [1.82, 2.24) is 10.3 Å². The molecule has 2 aromatic rings. The van der Waals surface area contributed by atoms with Gasteiger partial charge in [-0.15, -0.1) is 11.3 Å². The fourth-order valence-electron chi connectivity index (χ4n) is 2.05. The molecule has 1 N–H and O–H groups in total. The van der Waals surface area contributed by atoms with Crippen LogP contribution in [0, 0.1) is 0 Å². The highest BCUT2D eigenvalue weighted by Gasteiger charge is 2.20. The van der Waals surface area contributed by atoms with Gasteiger partial charge >= 0.3 is 11.9 Å². The number of esters is 2. The summed E-state index contributed by atoms with van der Waals surface area (Å²) in [6.45, 7) is 0.478. The van der Waals surface area contributed by atoms with Crippen LogP contribution in [0.15, 0.2) is 35.2 Å². The molecule has 0 amide bonds. The zero-order chi connectivity index (χ0) is 16.7. The maximum atomic E-state index is 11.9. The first kappa shape index (κ1) is 17.1. The van der Waals surface area contributed by atoms with Gasteiger partial charge in [0.1, 0.15) is 6.04 Å². The van der Waals surface area contributed by atoms with E-state index in [4.69, 9.17) is 4.74 Å². The Morgan fingerprint density at radius 3 is 2.52 bits per heavy atom. The van der Waals surface area contributed by atoms with Gasteiger partial charge in [-0.2, -0.15) is 0 Å². The third-order valence-corrected chi connectivity index (χ3v) is 3.95. The van der Waals surface area contributed by atoms with Crippen LogP contribution in [-0.2, 0) is 27.2 Å². The average molecular weight is 334 g/mol. The van der Waals surface area contributed by atoms with Crippen LogP contribution in [0.4, 0.5) is 0 Å². The molecule has 0 aliphatic carbocycles. The number of rotatable bonds is 7. The van der Waals surface area contributed by atoms with Gasteiger partial charge in [-0.3, -0.25) is 10.1 Å². The number of hydrogen-bond acceptors (Lipinski definition) is 7. The van der Waals surface area contributed by atoms with Crippen molar-refractivity contribution < 1.29 is 19.1 Å². The lowest BCUT2D eigenvalue weighted by Gasteiger charge is -2.15. The van der Waals surface area contributed by atoms with E-state index in [1.807, 2.05) is 17.5 Å². The van der Waals surface area contributed by atoms with Crippen LogP contribution in [0.5, 0.6) is 0 Å². The van der Waals surface area contributed by atoms with Gasteiger partial charge in [0.25, 0.3) is 0 Å². The molecule has 0 aliphatic rings. The summed E-state index contributed by atoms with van der Waals surface area (Å²) in [4.78, 5) is 27.5. The average Bonchev–Trinajstić information content (AvgIpc) is 3.10. The largest absolute Gasteiger partial charge is 0.468 e. The minimum absolute atomic E-state index is 0.329. The Labute approximate surface area is 138 Å². The number of nitrogens with one attached hydrogen (secondary N) is 1. The molecule has 1 heterocycles. The maximum absolute atomic E-state index is 11.9. The van der Waals surface area contributed by atoms with Crippen LogP contribution in [0.25, 0.3) is 0 Å². The summed E-state index contributed by atoms with van der Waals surface area (Å²) in [5.74, 6) is -0.704. The van der Waals surface area contributed by atoms with Gasteiger partial charge in [0.2, 0.25) is 0 Å². The number of carbonyl (C=O) groups excluding carboxylic acids is 2. The molecule has 122 valence electrons. The molecule has 0 fully saturated rings. The first-order valence-corrected chi connectivity index (χ1v) is 7.94. The Balaban J connectivity index is 1.97. The van der Waals surface area contributed by atoms with Crippen LogP contribution in [0.2, 0.25) is 0 Å². The molecule has 1 atom stereocenters. The van der Waals surface area contributed by atoms with Crippen molar-refractivity contribution in [2.75, 3.05) is 14.2 Å². The molecule has 6 nitrogen and oxygen atoms in total. The van der Waals surface area contributed by atoms with Gasteiger partial charge < -0.3 is 9.47 Å². The Hall–Kier alpha value is -2.25. The molecule has 0 aliphatic heterocycles. The fraction of sp³-hybridized carbons (Fsp3) is 0.312. The first-order chi connectivity index (χ1) is 11.1. The van der Waals surface area contributed by atoms with Crippen LogP contribution >= 0.6 is 11.3 Å². The molecular weight excluding hydrogens is 316 g/mol. The van der Waals surface area contributed by atoms with Gasteiger partial charge in [0.15, 0.2) is 0 Å². The van der Waals surface area contributed by atoms with Gasteiger partial charge in [-0.1, -0.05) is 12.1 Å². The second-order valence-electron chi connectivity index (χ2n) is 4.83. The van der Waals surface area contributed by atoms with Gasteiger partial charge in [-0.25, -0.2) is 9.78 Å². The molecular formula is C16H18N2O4S. The molecule has 7 heteroatoms. The zero-order valence-corrected chi connectivity index (χ0v) is 13.8. The van der Waals surface area contributed by atoms with E-state index >= 15 is 0 Å². The summed E-state index contributed by atoms with van der Waals surface area (Å²) in [5.41, 5.74) is 4.02. The van der Waals surface area contributed by atoms with Crippen molar-refractivity contribution in [3.63, 3.8) is 0 Å². The molecule has 1 aromatic carbocycles. The van der Waals surface area contributed by atoms with E-state index in [-0.39, 0.29) is 11.9 Å². The van der Waals surface area contributed by atoms with E-state index in [0.717, 1.165) is 11.3 Å². The zero-order valence-electron chi connectivity index (χ0n) is 12.9. The van der Waals surface area contributed by atoms with E-state index in [1.165, 1.54) is 25.6 Å². The number of nitrogens with zero attached hydrogens (tertiary/aromatic N) is 1. The van der Waals surface area contributed by atoms with Crippen molar-refractivity contribution in [2.24, 2.45) is 0 Å². The molecule has 0 radical (unpaired) electrons. The fourth-order valence-corrected chi connectivity index (χ4v) is 2.62. The van der Waals surface area contributed by atoms with E-state index < -0.39 is 6.04 Å². The number of aromatic nitrogens is 1. The monoisotopic (exact) mass is 334 g/mol. The molecule has 0 saturated carbocycles. The summed E-state index contributed by atoms with van der Waals surface area (Å²) >= 11 is 1.49. The van der Waals surface area contributed by atoms with Crippen molar-refractivity contribution in [3.8, 4) is 0 Å². The van der Waals surface area contributed by atoms with E-state index in [1.54, 1.807) is 17.6 Å². The van der Waals surface area contributed by atoms with Crippen molar-refractivity contribution in [3.05, 3.63) is 52.0 Å². The Morgan fingerprint density at radius 1 is 1.22 bits per heavy atom. The maximum Gasteiger partial charge on any atom is 0.337 e. The topological polar surface area (TPSA) is 77.5 Å². The van der Waals surface area contributed by atoms with Crippen LogP contribution in [0.3, 0.4) is 0 Å². The summed E-state index contributed by atoms with van der Waals surface area (Å²) < 4.78 is 9.49. The van der Waals surface area contributed by atoms with Crippen molar-refractivity contribution >= 4 is 23.3 Å². The SMILES string of the molecule is COC(=O)c1ccc(CN[C@@H](Cc2cscn2)C(=O)OC)cc1. The number of hydrogen-bond donors (Lipinski definition) is 1. The second kappa shape index (κ2) is 8.40. The van der Waals surface area contributed by atoms with E-state index in [9.17, 15) is 9.59 Å². The molecule has 23 heavy (non-hydrogen) atoms. The highest BCUT2D eigenvalue weighted by atomic mass is 32.1. The van der Waals surface area contributed by atoms with E-state index in [2.05, 4.69) is 15.0 Å². The van der Waals surface area contributed by atoms with Crippen LogP contribution in [0.1, 0.15) is 21.6 Å². The lowest BCUT2D eigenvalue weighted by molar-refractivity contribution is -0.143. The van der Waals surface area contributed by atoms with Gasteiger partial charge in [0, 0.05) is 18.3 Å². The quantitative estimate of drug-likeness (QED) is 0.778. The Morgan fingerprint density at radius 2 is 1.96 bits per heavy atom. The van der Waals surface area contributed by atoms with Crippen molar-refractivity contribution in [1.29, 1.82) is 0 Å². The van der Waals surface area contributed by atoms with E-state index in [0.29, 0.717) is 18.5 Å². The lowest BCUT2D eigenvalue weighted by atomic mass is 10.1.